The molecule has 0 bridgehead atoms. The van der Waals surface area contributed by atoms with Crippen molar-refractivity contribution < 1.29 is 19.0 Å². The molecular formula is C22H25NO4. The molecule has 0 unspecified atom stereocenters. The summed E-state index contributed by atoms with van der Waals surface area (Å²) in [5.74, 6) is 2.05. The lowest BCUT2D eigenvalue weighted by molar-refractivity contribution is -0.0107. The number of benzene rings is 2. The van der Waals surface area contributed by atoms with Crippen molar-refractivity contribution in [1.29, 1.82) is 0 Å². The Morgan fingerprint density at radius 2 is 1.78 bits per heavy atom. The molecule has 1 spiro atoms. The zero-order valence-electron chi connectivity index (χ0n) is 15.9. The number of carbonyl (C=O) groups excluding carboxylic acids is 1. The highest BCUT2D eigenvalue weighted by Gasteiger charge is 2.40. The van der Waals surface area contributed by atoms with E-state index in [4.69, 9.17) is 14.2 Å². The fourth-order valence-corrected chi connectivity index (χ4v) is 4.15. The van der Waals surface area contributed by atoms with E-state index in [2.05, 4.69) is 18.2 Å². The van der Waals surface area contributed by atoms with Gasteiger partial charge in [0.15, 0.2) is 11.5 Å². The van der Waals surface area contributed by atoms with Gasteiger partial charge in [0.2, 0.25) is 0 Å². The number of para-hydroxylation sites is 2. The summed E-state index contributed by atoms with van der Waals surface area (Å²) in [4.78, 5) is 15.0. The highest BCUT2D eigenvalue weighted by atomic mass is 16.5. The van der Waals surface area contributed by atoms with E-state index in [1.165, 1.54) is 5.56 Å². The average molecular weight is 367 g/mol. The summed E-state index contributed by atoms with van der Waals surface area (Å²) in [7, 11) is 3.14. The van der Waals surface area contributed by atoms with Crippen molar-refractivity contribution in [3.63, 3.8) is 0 Å². The van der Waals surface area contributed by atoms with Gasteiger partial charge in [0, 0.05) is 25.9 Å². The minimum Gasteiger partial charge on any atom is -0.493 e. The number of rotatable bonds is 3. The maximum Gasteiger partial charge on any atom is 0.257 e. The molecule has 0 atom stereocenters. The van der Waals surface area contributed by atoms with Crippen molar-refractivity contribution >= 4 is 5.91 Å². The fourth-order valence-electron chi connectivity index (χ4n) is 4.15. The highest BCUT2D eigenvalue weighted by Crippen LogP contribution is 2.40. The molecule has 5 nitrogen and oxygen atoms in total. The standard InChI is InChI=1S/C22H25NO4/c1-25-19-9-5-7-17(20(19)26-2)21(24)23-14-12-22(13-15-23)11-10-16-6-3-4-8-18(16)27-22/h3-9H,10-15H2,1-2H3. The predicted molar refractivity (Wildman–Crippen MR) is 103 cm³/mol. The number of fused-ring (bicyclic) bond motifs is 1. The van der Waals surface area contributed by atoms with E-state index < -0.39 is 0 Å². The summed E-state index contributed by atoms with van der Waals surface area (Å²) in [6, 6.07) is 13.7. The molecular weight excluding hydrogens is 342 g/mol. The molecule has 2 aromatic carbocycles. The smallest absolute Gasteiger partial charge is 0.257 e. The predicted octanol–water partition coefficient (Wildman–Crippen LogP) is 3.70. The van der Waals surface area contributed by atoms with E-state index in [0.29, 0.717) is 30.2 Å². The van der Waals surface area contributed by atoms with Gasteiger partial charge in [-0.2, -0.15) is 0 Å². The first-order valence-corrected chi connectivity index (χ1v) is 9.43. The number of amides is 1. The Hall–Kier alpha value is -2.69. The molecule has 2 aliphatic heterocycles. The topological polar surface area (TPSA) is 48.0 Å². The van der Waals surface area contributed by atoms with Crippen molar-refractivity contribution in [2.75, 3.05) is 27.3 Å². The van der Waals surface area contributed by atoms with Crippen LogP contribution in [0.3, 0.4) is 0 Å². The Kier molecular flexibility index (Phi) is 4.68. The van der Waals surface area contributed by atoms with Crippen molar-refractivity contribution in [3.8, 4) is 17.2 Å². The van der Waals surface area contributed by atoms with Crippen LogP contribution in [0.2, 0.25) is 0 Å². The zero-order valence-corrected chi connectivity index (χ0v) is 15.9. The summed E-state index contributed by atoms with van der Waals surface area (Å²) >= 11 is 0. The van der Waals surface area contributed by atoms with Crippen LogP contribution in [0.25, 0.3) is 0 Å². The van der Waals surface area contributed by atoms with Crippen molar-refractivity contribution in [2.24, 2.45) is 0 Å². The average Bonchev–Trinajstić information content (AvgIpc) is 2.73. The van der Waals surface area contributed by atoms with Gasteiger partial charge in [0.1, 0.15) is 11.4 Å². The van der Waals surface area contributed by atoms with Crippen LogP contribution in [-0.4, -0.2) is 43.7 Å². The Bertz CT molecular complexity index is 840. The molecule has 0 saturated carbocycles. The number of piperidine rings is 1. The number of carbonyl (C=O) groups is 1. The quantitative estimate of drug-likeness (QED) is 0.830. The second-order valence-electron chi connectivity index (χ2n) is 7.23. The lowest BCUT2D eigenvalue weighted by Crippen LogP contribution is -2.51. The van der Waals surface area contributed by atoms with Gasteiger partial charge in [-0.25, -0.2) is 0 Å². The first kappa shape index (κ1) is 17.7. The number of ether oxygens (including phenoxy) is 3. The van der Waals surface area contributed by atoms with Crippen LogP contribution < -0.4 is 14.2 Å². The number of likely N-dealkylation sites (tertiary alicyclic amines) is 1. The minimum absolute atomic E-state index is 0.0168. The summed E-state index contributed by atoms with van der Waals surface area (Å²) in [5, 5.41) is 0. The molecule has 27 heavy (non-hydrogen) atoms. The van der Waals surface area contributed by atoms with Gasteiger partial charge in [0.05, 0.1) is 19.8 Å². The molecule has 0 aromatic heterocycles. The molecule has 4 rings (SSSR count). The Morgan fingerprint density at radius 3 is 2.52 bits per heavy atom. The molecule has 1 fully saturated rings. The molecule has 2 aromatic rings. The van der Waals surface area contributed by atoms with Crippen LogP contribution in [0.1, 0.15) is 35.2 Å². The largest absolute Gasteiger partial charge is 0.493 e. The van der Waals surface area contributed by atoms with E-state index in [0.717, 1.165) is 31.4 Å². The molecule has 1 saturated heterocycles. The number of methoxy groups -OCH3 is 2. The van der Waals surface area contributed by atoms with Crippen LogP contribution in [0.15, 0.2) is 42.5 Å². The van der Waals surface area contributed by atoms with Gasteiger partial charge in [-0.15, -0.1) is 0 Å². The summed E-state index contributed by atoms with van der Waals surface area (Å²) in [5.41, 5.74) is 1.68. The van der Waals surface area contributed by atoms with Crippen molar-refractivity contribution in [2.45, 2.75) is 31.3 Å². The van der Waals surface area contributed by atoms with Gasteiger partial charge in [-0.1, -0.05) is 24.3 Å². The van der Waals surface area contributed by atoms with Crippen LogP contribution in [0.4, 0.5) is 0 Å². The van der Waals surface area contributed by atoms with Gasteiger partial charge in [-0.3, -0.25) is 4.79 Å². The molecule has 1 amide bonds. The minimum atomic E-state index is -0.149. The van der Waals surface area contributed by atoms with Gasteiger partial charge in [-0.05, 0) is 36.6 Å². The Labute approximate surface area is 159 Å². The Morgan fingerprint density at radius 1 is 1.00 bits per heavy atom. The SMILES string of the molecule is COc1cccc(C(=O)N2CCC3(CCc4ccccc4O3)CC2)c1OC. The molecule has 2 aliphatic rings. The number of nitrogens with zero attached hydrogens (tertiary/aromatic N) is 1. The van der Waals surface area contributed by atoms with Crippen LogP contribution >= 0.6 is 0 Å². The molecule has 142 valence electrons. The monoisotopic (exact) mass is 367 g/mol. The fraction of sp³-hybridized carbons (Fsp3) is 0.409. The van der Waals surface area contributed by atoms with E-state index >= 15 is 0 Å². The molecule has 2 heterocycles. The first-order chi connectivity index (χ1) is 13.2. The summed E-state index contributed by atoms with van der Waals surface area (Å²) in [6.07, 6.45) is 3.74. The van der Waals surface area contributed by atoms with E-state index in [9.17, 15) is 4.79 Å². The van der Waals surface area contributed by atoms with E-state index in [-0.39, 0.29) is 11.5 Å². The van der Waals surface area contributed by atoms with Gasteiger partial charge < -0.3 is 19.1 Å². The third kappa shape index (κ3) is 3.22. The molecule has 0 N–H and O–H groups in total. The lowest BCUT2D eigenvalue weighted by Gasteiger charge is -2.44. The van der Waals surface area contributed by atoms with Gasteiger partial charge >= 0.3 is 0 Å². The van der Waals surface area contributed by atoms with Crippen molar-refractivity contribution in [1.82, 2.24) is 4.90 Å². The van der Waals surface area contributed by atoms with Crippen molar-refractivity contribution in [3.05, 3.63) is 53.6 Å². The summed E-state index contributed by atoms with van der Waals surface area (Å²) in [6.45, 7) is 1.36. The highest BCUT2D eigenvalue weighted by molar-refractivity contribution is 5.97. The third-order valence-corrected chi connectivity index (χ3v) is 5.74. The van der Waals surface area contributed by atoms with E-state index in [1.807, 2.05) is 17.0 Å². The van der Waals surface area contributed by atoms with Crippen LogP contribution in [0.5, 0.6) is 17.2 Å². The first-order valence-electron chi connectivity index (χ1n) is 9.43. The number of hydrogen-bond donors (Lipinski definition) is 0. The van der Waals surface area contributed by atoms with Crippen LogP contribution in [-0.2, 0) is 6.42 Å². The Balaban J connectivity index is 1.48. The lowest BCUT2D eigenvalue weighted by atomic mass is 9.83. The number of aryl methyl sites for hydroxylation is 1. The second kappa shape index (κ2) is 7.14. The van der Waals surface area contributed by atoms with Gasteiger partial charge in [0.25, 0.3) is 5.91 Å². The van der Waals surface area contributed by atoms with Crippen LogP contribution in [0, 0.1) is 0 Å². The molecule has 5 heteroatoms. The van der Waals surface area contributed by atoms with E-state index in [1.54, 1.807) is 26.4 Å². The maximum atomic E-state index is 13.1. The molecule has 0 radical (unpaired) electrons. The maximum absolute atomic E-state index is 13.1. The summed E-state index contributed by atoms with van der Waals surface area (Å²) < 4.78 is 17.1. The zero-order chi connectivity index (χ0) is 18.9. The second-order valence-corrected chi connectivity index (χ2v) is 7.23. The number of hydrogen-bond acceptors (Lipinski definition) is 4. The normalized spacial score (nSPS) is 17.8. The molecule has 0 aliphatic carbocycles. The third-order valence-electron chi connectivity index (χ3n) is 5.74.